The largest absolute Gasteiger partial charge is 0.393 e. The van der Waals surface area contributed by atoms with E-state index in [0.29, 0.717) is 55.5 Å². The number of carbonyl (C=O) groups excluding carboxylic acids is 2. The van der Waals surface area contributed by atoms with Crippen LogP contribution in [0.25, 0.3) is 0 Å². The molecule has 5 nitrogen and oxygen atoms in total. The third kappa shape index (κ3) is 3.83. The first-order chi connectivity index (χ1) is 14.4. The zero-order valence-corrected chi connectivity index (χ0v) is 19.8. The minimum Gasteiger partial charge on any atom is -0.393 e. The molecule has 4 aliphatic rings. The van der Waals surface area contributed by atoms with E-state index in [0.717, 1.165) is 32.1 Å². The van der Waals surface area contributed by atoms with Crippen molar-refractivity contribution < 1.29 is 24.9 Å². The lowest BCUT2D eigenvalue weighted by Gasteiger charge is -2.59. The number of carbonyl (C=O) groups is 2. The standard InChI is InChI=1S/C26H42O5/c1-24(2,31)22(30)8-7-20(28)17-5-6-18-23-19(10-12-26(17,18)4)25(3)11-9-16(27)13-15(25)14-21(23)29/h15,17-20,22-23,28,30-31H,5-14H2,1-4H3/t15-,17+,18-,19-,20+,22?,23-,25-,26+/m0/s1. The minimum atomic E-state index is -1.16. The minimum absolute atomic E-state index is 0.0520. The van der Waals surface area contributed by atoms with Gasteiger partial charge in [0.05, 0.1) is 17.8 Å². The number of hydrogen-bond acceptors (Lipinski definition) is 5. The summed E-state index contributed by atoms with van der Waals surface area (Å²) in [6.07, 6.45) is 6.16. The fourth-order valence-corrected chi connectivity index (χ4v) is 8.28. The van der Waals surface area contributed by atoms with Crippen LogP contribution in [0.4, 0.5) is 0 Å². The van der Waals surface area contributed by atoms with Crippen LogP contribution in [0.1, 0.15) is 91.9 Å². The zero-order valence-electron chi connectivity index (χ0n) is 19.8. The van der Waals surface area contributed by atoms with Crippen molar-refractivity contribution in [1.29, 1.82) is 0 Å². The van der Waals surface area contributed by atoms with Gasteiger partial charge in [-0.3, -0.25) is 9.59 Å². The smallest absolute Gasteiger partial charge is 0.136 e. The normalized spacial score (nSPS) is 44.9. The summed E-state index contributed by atoms with van der Waals surface area (Å²) in [5, 5.41) is 31.3. The molecule has 0 aromatic carbocycles. The number of aliphatic hydroxyl groups excluding tert-OH is 2. The Morgan fingerprint density at radius 1 is 0.968 bits per heavy atom. The average Bonchev–Trinajstić information content (AvgIpc) is 3.03. The lowest BCUT2D eigenvalue weighted by Crippen LogP contribution is -2.57. The number of fused-ring (bicyclic) bond motifs is 5. The number of rotatable bonds is 5. The van der Waals surface area contributed by atoms with Gasteiger partial charge in [-0.05, 0) is 93.3 Å². The quantitative estimate of drug-likeness (QED) is 0.614. The maximum Gasteiger partial charge on any atom is 0.136 e. The Hall–Kier alpha value is -0.780. The Labute approximate surface area is 187 Å². The van der Waals surface area contributed by atoms with Crippen LogP contribution in [0.5, 0.6) is 0 Å². The molecule has 4 rings (SSSR count). The van der Waals surface area contributed by atoms with Crippen molar-refractivity contribution in [2.24, 2.45) is 40.4 Å². The second-order valence-corrected chi connectivity index (χ2v) is 12.4. The molecular weight excluding hydrogens is 392 g/mol. The van der Waals surface area contributed by atoms with Gasteiger partial charge in [-0.25, -0.2) is 0 Å². The van der Waals surface area contributed by atoms with Gasteiger partial charge in [0.1, 0.15) is 11.6 Å². The van der Waals surface area contributed by atoms with E-state index in [1.165, 1.54) is 0 Å². The van der Waals surface area contributed by atoms with Gasteiger partial charge in [-0.1, -0.05) is 13.8 Å². The topological polar surface area (TPSA) is 94.8 Å². The van der Waals surface area contributed by atoms with Gasteiger partial charge in [0.2, 0.25) is 0 Å². The molecule has 0 saturated heterocycles. The number of Topliss-reactive ketones (excluding diaryl/α,β-unsaturated/α-hetero) is 2. The summed E-state index contributed by atoms with van der Waals surface area (Å²) in [5.74, 6) is 1.81. The Kier molecular flexibility index (Phi) is 5.97. The average molecular weight is 435 g/mol. The van der Waals surface area contributed by atoms with Crippen molar-refractivity contribution in [3.05, 3.63) is 0 Å². The van der Waals surface area contributed by atoms with E-state index in [4.69, 9.17) is 0 Å². The Balaban J connectivity index is 1.50. The molecule has 4 aliphatic carbocycles. The van der Waals surface area contributed by atoms with Crippen LogP contribution < -0.4 is 0 Å². The Morgan fingerprint density at radius 2 is 1.65 bits per heavy atom. The van der Waals surface area contributed by atoms with E-state index in [1.807, 2.05) is 0 Å². The zero-order chi connectivity index (χ0) is 22.8. The fraction of sp³-hybridized carbons (Fsp3) is 0.923. The molecule has 176 valence electrons. The van der Waals surface area contributed by atoms with Crippen LogP contribution in [-0.4, -0.2) is 44.7 Å². The summed E-state index contributed by atoms with van der Waals surface area (Å²) < 4.78 is 0. The van der Waals surface area contributed by atoms with Crippen molar-refractivity contribution in [1.82, 2.24) is 0 Å². The monoisotopic (exact) mass is 434 g/mol. The first-order valence-electron chi connectivity index (χ1n) is 12.5. The summed E-state index contributed by atoms with van der Waals surface area (Å²) >= 11 is 0. The maximum atomic E-state index is 13.4. The number of aliphatic hydroxyl groups is 3. The van der Waals surface area contributed by atoms with Crippen molar-refractivity contribution in [3.8, 4) is 0 Å². The second kappa shape index (κ2) is 7.92. The van der Waals surface area contributed by atoms with Crippen LogP contribution in [0.2, 0.25) is 0 Å². The predicted molar refractivity (Wildman–Crippen MR) is 118 cm³/mol. The Morgan fingerprint density at radius 3 is 2.32 bits per heavy atom. The van der Waals surface area contributed by atoms with Crippen LogP contribution in [0, 0.1) is 40.4 Å². The predicted octanol–water partition coefficient (Wildman–Crippen LogP) is 3.67. The highest BCUT2D eigenvalue weighted by molar-refractivity contribution is 5.86. The van der Waals surface area contributed by atoms with Crippen molar-refractivity contribution in [2.75, 3.05) is 0 Å². The highest BCUT2D eigenvalue weighted by Gasteiger charge is 2.63. The van der Waals surface area contributed by atoms with E-state index in [1.54, 1.807) is 13.8 Å². The van der Waals surface area contributed by atoms with Crippen LogP contribution in [-0.2, 0) is 9.59 Å². The third-order valence-corrected chi connectivity index (χ3v) is 10.4. The first kappa shape index (κ1) is 23.4. The van der Waals surface area contributed by atoms with Crippen molar-refractivity contribution >= 4 is 11.6 Å². The van der Waals surface area contributed by atoms with Crippen LogP contribution in [0.3, 0.4) is 0 Å². The molecule has 0 radical (unpaired) electrons. The van der Waals surface area contributed by atoms with Gasteiger partial charge in [0, 0.05) is 25.2 Å². The van der Waals surface area contributed by atoms with Crippen molar-refractivity contribution in [3.63, 3.8) is 0 Å². The van der Waals surface area contributed by atoms with E-state index in [2.05, 4.69) is 13.8 Å². The first-order valence-corrected chi connectivity index (χ1v) is 12.5. The molecule has 9 atom stereocenters. The number of hydrogen-bond donors (Lipinski definition) is 3. The summed E-state index contributed by atoms with van der Waals surface area (Å²) in [6, 6.07) is 0. The molecular formula is C26H42O5. The highest BCUT2D eigenvalue weighted by Crippen LogP contribution is 2.67. The summed E-state index contributed by atoms with van der Waals surface area (Å²) in [4.78, 5) is 25.5. The van der Waals surface area contributed by atoms with E-state index >= 15 is 0 Å². The maximum absolute atomic E-state index is 13.4. The van der Waals surface area contributed by atoms with Gasteiger partial charge < -0.3 is 15.3 Å². The molecule has 0 amide bonds. The molecule has 4 saturated carbocycles. The highest BCUT2D eigenvalue weighted by atomic mass is 16.3. The van der Waals surface area contributed by atoms with Gasteiger partial charge >= 0.3 is 0 Å². The fourth-order valence-electron chi connectivity index (χ4n) is 8.28. The lowest BCUT2D eigenvalue weighted by molar-refractivity contribution is -0.160. The molecule has 0 heterocycles. The molecule has 31 heavy (non-hydrogen) atoms. The lowest BCUT2D eigenvalue weighted by atomic mass is 9.44. The summed E-state index contributed by atoms with van der Waals surface area (Å²) in [6.45, 7) is 7.82. The molecule has 0 aromatic heterocycles. The molecule has 4 fully saturated rings. The molecule has 0 aromatic rings. The summed E-state index contributed by atoms with van der Waals surface area (Å²) in [7, 11) is 0. The molecule has 5 heteroatoms. The van der Waals surface area contributed by atoms with Gasteiger partial charge in [0.25, 0.3) is 0 Å². The second-order valence-electron chi connectivity index (χ2n) is 12.4. The SMILES string of the molecule is CC(C)(O)C(O)CC[C@@H](O)[C@H]1CC[C@H]2[C@@H]3C(=O)C[C@@H]4CC(=O)CC[C@]4(C)[C@H]3CC[C@]12C. The molecule has 0 spiro atoms. The Bertz CT molecular complexity index is 726. The van der Waals surface area contributed by atoms with Gasteiger partial charge in [-0.2, -0.15) is 0 Å². The van der Waals surface area contributed by atoms with Gasteiger partial charge in [-0.15, -0.1) is 0 Å². The van der Waals surface area contributed by atoms with E-state index in [9.17, 15) is 24.9 Å². The third-order valence-electron chi connectivity index (χ3n) is 10.4. The van der Waals surface area contributed by atoms with E-state index in [-0.39, 0.29) is 28.6 Å². The molecule has 3 N–H and O–H groups in total. The summed E-state index contributed by atoms with van der Waals surface area (Å²) in [5.41, 5.74) is -1.12. The number of ketones is 2. The molecule has 0 aliphatic heterocycles. The van der Waals surface area contributed by atoms with Crippen LogP contribution in [0.15, 0.2) is 0 Å². The molecule has 1 unspecified atom stereocenters. The van der Waals surface area contributed by atoms with Gasteiger partial charge in [0.15, 0.2) is 0 Å². The van der Waals surface area contributed by atoms with E-state index < -0.39 is 17.8 Å². The van der Waals surface area contributed by atoms with Crippen molar-refractivity contribution in [2.45, 2.75) is 110 Å². The van der Waals surface area contributed by atoms with Crippen LogP contribution >= 0.6 is 0 Å². The molecule has 0 bridgehead atoms.